The van der Waals surface area contributed by atoms with Crippen molar-refractivity contribution in [2.24, 2.45) is 0 Å². The Morgan fingerprint density at radius 3 is 2.58 bits per heavy atom. The first-order chi connectivity index (χ1) is 15.9. The predicted octanol–water partition coefficient (Wildman–Crippen LogP) is 4.26. The van der Waals surface area contributed by atoms with Gasteiger partial charge in [-0.1, -0.05) is 37.6 Å². The van der Waals surface area contributed by atoms with Gasteiger partial charge in [-0.2, -0.15) is 0 Å². The van der Waals surface area contributed by atoms with Crippen molar-refractivity contribution in [2.45, 2.75) is 32.7 Å². The molecule has 3 rings (SSSR count). The first-order valence-electron chi connectivity index (χ1n) is 10.8. The third-order valence-electron chi connectivity index (χ3n) is 5.57. The number of ether oxygens (including phenoxy) is 2. The van der Waals surface area contributed by atoms with Crippen molar-refractivity contribution >= 4 is 23.6 Å². The Balaban J connectivity index is 1.93. The smallest absolute Gasteiger partial charge is 0.337 e. The highest BCUT2D eigenvalue weighted by molar-refractivity contribution is 6.06. The van der Waals surface area contributed by atoms with Crippen LogP contribution in [0, 0.1) is 0 Å². The average molecular weight is 452 g/mol. The van der Waals surface area contributed by atoms with Crippen molar-refractivity contribution in [1.29, 1.82) is 0 Å². The van der Waals surface area contributed by atoms with Gasteiger partial charge in [-0.05, 0) is 43.2 Å². The Bertz CT molecular complexity index is 1080. The number of methoxy groups -OCH3 is 2. The molecule has 1 unspecified atom stereocenters. The molecule has 0 saturated carbocycles. The van der Waals surface area contributed by atoms with E-state index in [1.165, 1.54) is 14.2 Å². The van der Waals surface area contributed by atoms with Gasteiger partial charge in [0.1, 0.15) is 5.75 Å². The maximum absolute atomic E-state index is 12.8. The molecule has 0 aromatic heterocycles. The topological polar surface area (TPSA) is 97.0 Å². The highest BCUT2D eigenvalue weighted by Crippen LogP contribution is 2.32. The molecule has 174 valence electrons. The molecule has 0 bridgehead atoms. The van der Waals surface area contributed by atoms with Crippen LogP contribution < -0.4 is 15.4 Å². The van der Waals surface area contributed by atoms with Crippen LogP contribution in [0.2, 0.25) is 0 Å². The van der Waals surface area contributed by atoms with Gasteiger partial charge in [-0.15, -0.1) is 0 Å². The van der Waals surface area contributed by atoms with Crippen molar-refractivity contribution in [3.05, 3.63) is 70.9 Å². The maximum Gasteiger partial charge on any atom is 0.337 e. The van der Waals surface area contributed by atoms with Gasteiger partial charge >= 0.3 is 12.0 Å². The van der Waals surface area contributed by atoms with Gasteiger partial charge < -0.3 is 20.1 Å². The number of nitrogens with one attached hydrogen (secondary N) is 2. The summed E-state index contributed by atoms with van der Waals surface area (Å²) in [6.45, 7) is 4.30. The number of nitrogens with zero attached hydrogens (tertiary/aromatic N) is 1. The van der Waals surface area contributed by atoms with E-state index >= 15 is 0 Å². The standard InChI is InChI=1S/C25H29N3O5/c1-5-6-14-28-16(2)21(24(30)33-4)22(27-25(28)31)17-10-9-11-18(15-17)26-23(29)19-12-7-8-13-20(19)32-3/h7-13,15,22H,5-6,14H2,1-4H3,(H,26,29)(H,27,31). The van der Waals surface area contributed by atoms with Crippen LogP contribution in [0.15, 0.2) is 59.8 Å². The SMILES string of the molecule is CCCCN1C(=O)NC(c2cccc(NC(=O)c3ccccc3OC)c2)C(C(=O)OC)=C1C. The Labute approximate surface area is 193 Å². The third kappa shape index (κ3) is 5.16. The highest BCUT2D eigenvalue weighted by atomic mass is 16.5. The average Bonchev–Trinajstić information content (AvgIpc) is 2.83. The molecule has 3 amide bonds. The molecule has 1 aliphatic heterocycles. The number of para-hydroxylation sites is 1. The lowest BCUT2D eigenvalue weighted by molar-refractivity contribution is -0.136. The van der Waals surface area contributed by atoms with Crippen LogP contribution in [0.5, 0.6) is 5.75 Å². The minimum Gasteiger partial charge on any atom is -0.496 e. The summed E-state index contributed by atoms with van der Waals surface area (Å²) < 4.78 is 10.3. The van der Waals surface area contributed by atoms with Crippen molar-refractivity contribution in [3.8, 4) is 5.75 Å². The van der Waals surface area contributed by atoms with Gasteiger partial charge in [0.05, 0.1) is 31.4 Å². The second-order valence-electron chi connectivity index (χ2n) is 7.66. The van der Waals surface area contributed by atoms with Crippen molar-refractivity contribution in [1.82, 2.24) is 10.2 Å². The van der Waals surface area contributed by atoms with Crippen molar-refractivity contribution in [3.63, 3.8) is 0 Å². The number of hydrogen-bond donors (Lipinski definition) is 2. The van der Waals surface area contributed by atoms with E-state index in [0.717, 1.165) is 12.8 Å². The largest absolute Gasteiger partial charge is 0.496 e. The summed E-state index contributed by atoms with van der Waals surface area (Å²) in [7, 11) is 2.82. The molecule has 1 atom stereocenters. The van der Waals surface area contributed by atoms with E-state index in [9.17, 15) is 14.4 Å². The lowest BCUT2D eigenvalue weighted by atomic mass is 9.94. The molecular weight excluding hydrogens is 422 g/mol. The minimum absolute atomic E-state index is 0.276. The molecular formula is C25H29N3O5. The zero-order valence-corrected chi connectivity index (χ0v) is 19.3. The van der Waals surface area contributed by atoms with Gasteiger partial charge in [0.15, 0.2) is 0 Å². The Kier molecular flexibility index (Phi) is 7.71. The second kappa shape index (κ2) is 10.7. The monoisotopic (exact) mass is 451 g/mol. The molecule has 8 heteroatoms. The van der Waals surface area contributed by atoms with E-state index in [0.29, 0.717) is 40.4 Å². The van der Waals surface area contributed by atoms with Gasteiger partial charge in [0, 0.05) is 17.9 Å². The molecule has 2 aromatic carbocycles. The number of carbonyl (C=O) groups excluding carboxylic acids is 3. The van der Waals surface area contributed by atoms with Crippen molar-refractivity contribution in [2.75, 3.05) is 26.1 Å². The van der Waals surface area contributed by atoms with Crippen molar-refractivity contribution < 1.29 is 23.9 Å². The number of allylic oxidation sites excluding steroid dienone is 1. The third-order valence-corrected chi connectivity index (χ3v) is 5.57. The lowest BCUT2D eigenvalue weighted by Gasteiger charge is -2.35. The number of esters is 1. The summed E-state index contributed by atoms with van der Waals surface area (Å²) in [6.07, 6.45) is 1.73. The maximum atomic E-state index is 12.8. The van der Waals surface area contributed by atoms with Crippen LogP contribution in [0.25, 0.3) is 0 Å². The summed E-state index contributed by atoms with van der Waals surface area (Å²) in [4.78, 5) is 39.8. The first kappa shape index (κ1) is 23.8. The number of amides is 3. The van der Waals surface area contributed by atoms with Crippen LogP contribution in [-0.4, -0.2) is 43.6 Å². The predicted molar refractivity (Wildman–Crippen MR) is 125 cm³/mol. The highest BCUT2D eigenvalue weighted by Gasteiger charge is 2.36. The first-order valence-corrected chi connectivity index (χ1v) is 10.8. The van der Waals surface area contributed by atoms with E-state index < -0.39 is 12.0 Å². The van der Waals surface area contributed by atoms with Crippen LogP contribution in [-0.2, 0) is 9.53 Å². The summed E-state index contributed by atoms with van der Waals surface area (Å²) in [6, 6.07) is 13.0. The minimum atomic E-state index is -0.703. The molecule has 0 radical (unpaired) electrons. The Morgan fingerprint density at radius 1 is 1.12 bits per heavy atom. The van der Waals surface area contributed by atoms with Gasteiger partial charge in [0.25, 0.3) is 5.91 Å². The van der Waals surface area contributed by atoms with Gasteiger partial charge in [0.2, 0.25) is 0 Å². The summed E-state index contributed by atoms with van der Waals surface area (Å²) in [5.74, 6) is -0.380. The lowest BCUT2D eigenvalue weighted by Crippen LogP contribution is -2.48. The zero-order chi connectivity index (χ0) is 24.0. The molecule has 0 spiro atoms. The molecule has 2 aromatic rings. The van der Waals surface area contributed by atoms with Crippen LogP contribution >= 0.6 is 0 Å². The quantitative estimate of drug-likeness (QED) is 0.585. The van der Waals surface area contributed by atoms with Crippen LogP contribution in [0.1, 0.15) is 48.7 Å². The molecule has 1 heterocycles. The number of benzene rings is 2. The van der Waals surface area contributed by atoms with E-state index in [-0.39, 0.29) is 11.9 Å². The second-order valence-corrected chi connectivity index (χ2v) is 7.66. The zero-order valence-electron chi connectivity index (χ0n) is 19.3. The molecule has 0 saturated heterocycles. The van der Waals surface area contributed by atoms with E-state index in [2.05, 4.69) is 10.6 Å². The number of carbonyl (C=O) groups is 3. The fourth-order valence-electron chi connectivity index (χ4n) is 3.82. The van der Waals surface area contributed by atoms with E-state index in [1.54, 1.807) is 60.4 Å². The number of rotatable bonds is 8. The number of hydrogen-bond acceptors (Lipinski definition) is 5. The Morgan fingerprint density at radius 2 is 1.88 bits per heavy atom. The van der Waals surface area contributed by atoms with Crippen LogP contribution in [0.4, 0.5) is 10.5 Å². The van der Waals surface area contributed by atoms with Gasteiger partial charge in [-0.3, -0.25) is 9.69 Å². The Hall–Kier alpha value is -3.81. The normalized spacial score (nSPS) is 15.7. The fraction of sp³-hybridized carbons (Fsp3) is 0.320. The number of urea groups is 1. The number of anilines is 1. The summed E-state index contributed by atoms with van der Waals surface area (Å²) in [5, 5.41) is 5.77. The van der Waals surface area contributed by atoms with E-state index in [1.807, 2.05) is 6.92 Å². The molecule has 1 aliphatic rings. The molecule has 2 N–H and O–H groups in total. The number of unbranched alkanes of at least 4 members (excludes halogenated alkanes) is 1. The molecule has 0 fully saturated rings. The summed E-state index contributed by atoms with van der Waals surface area (Å²) >= 11 is 0. The van der Waals surface area contributed by atoms with Gasteiger partial charge in [-0.25, -0.2) is 9.59 Å². The fourth-order valence-corrected chi connectivity index (χ4v) is 3.82. The van der Waals surface area contributed by atoms with Crippen LogP contribution in [0.3, 0.4) is 0 Å². The van der Waals surface area contributed by atoms with E-state index in [4.69, 9.17) is 9.47 Å². The summed E-state index contributed by atoms with van der Waals surface area (Å²) in [5.41, 5.74) is 2.49. The molecule has 8 nitrogen and oxygen atoms in total. The molecule has 33 heavy (non-hydrogen) atoms. The molecule has 0 aliphatic carbocycles.